The molecule has 160 valence electrons. The fourth-order valence-electron chi connectivity index (χ4n) is 2.90. The predicted octanol–water partition coefficient (Wildman–Crippen LogP) is 1.05. The summed E-state index contributed by atoms with van der Waals surface area (Å²) in [4.78, 5) is 0. The van der Waals surface area contributed by atoms with Gasteiger partial charge in [0.05, 0.1) is 0 Å². The van der Waals surface area contributed by atoms with E-state index < -0.39 is 12.5 Å². The van der Waals surface area contributed by atoms with Crippen molar-refractivity contribution in [3.8, 4) is 0 Å². The third-order valence-electron chi connectivity index (χ3n) is 4.38. The van der Waals surface area contributed by atoms with Gasteiger partial charge in [-0.25, -0.2) is 0 Å². The second kappa shape index (κ2) is 13.0. The van der Waals surface area contributed by atoms with Gasteiger partial charge in [-0.1, -0.05) is 60.7 Å². The molecule has 0 spiro atoms. The molecule has 0 amide bonds. The van der Waals surface area contributed by atoms with Gasteiger partial charge < -0.3 is 31.5 Å². The fraction of sp³-hybridized carbons (Fsp3) is 0.400. The first-order valence-electron chi connectivity index (χ1n) is 9.50. The van der Waals surface area contributed by atoms with E-state index >= 15 is 0 Å². The number of hydrogen-bond acceptors (Lipinski definition) is 6. The zero-order valence-corrected chi connectivity index (χ0v) is 17.0. The molecule has 6 N–H and O–H groups in total. The topological polar surface area (TPSA) is 117 Å². The molecule has 4 unspecified atom stereocenters. The molecule has 2 fully saturated rings. The summed E-state index contributed by atoms with van der Waals surface area (Å²) in [6.07, 6.45) is -1.55. The zero-order chi connectivity index (χ0) is 19.6. The van der Waals surface area contributed by atoms with Crippen molar-refractivity contribution in [3.05, 3.63) is 82.4 Å². The Morgan fingerprint density at radius 1 is 0.724 bits per heavy atom. The molecule has 2 aliphatic rings. The summed E-state index contributed by atoms with van der Waals surface area (Å²) in [6, 6.07) is 19.0. The Hall–Kier alpha value is -1.39. The van der Waals surface area contributed by atoms with Gasteiger partial charge in [0.2, 0.25) is 0 Å². The van der Waals surface area contributed by atoms with E-state index in [-0.39, 0.29) is 29.1 Å². The van der Waals surface area contributed by atoms with Crippen LogP contribution >= 0.6 is 0 Å². The minimum absolute atomic E-state index is 0. The Balaban J connectivity index is 0.000000200. The Morgan fingerprint density at radius 3 is 1.41 bits per heavy atom. The van der Waals surface area contributed by atoms with Crippen LogP contribution in [0.4, 0.5) is 0 Å². The van der Waals surface area contributed by atoms with Crippen LogP contribution in [0.1, 0.15) is 23.6 Å². The van der Waals surface area contributed by atoms with Crippen LogP contribution in [0.15, 0.2) is 60.7 Å². The average Bonchev–Trinajstić information content (AvgIpc) is 3.44. The Morgan fingerprint density at radius 2 is 1.10 bits per heavy atom. The third-order valence-corrected chi connectivity index (χ3v) is 4.38. The van der Waals surface area contributed by atoms with Crippen molar-refractivity contribution in [1.82, 2.24) is 21.3 Å². The Kier molecular flexibility index (Phi) is 10.7. The van der Waals surface area contributed by atoms with E-state index in [0.717, 1.165) is 37.3 Å². The summed E-state index contributed by atoms with van der Waals surface area (Å²) in [5.74, 6) is 0. The van der Waals surface area contributed by atoms with Crippen LogP contribution in [0.25, 0.3) is 10.6 Å². The SMILES string of the molecule is OC(NC1[N-]CCN1)c1ccccc1.OC(NC1[N-]CCN1)c1ccccc1.[Ni+2]. The van der Waals surface area contributed by atoms with E-state index in [9.17, 15) is 10.2 Å². The van der Waals surface area contributed by atoms with E-state index in [2.05, 4.69) is 31.9 Å². The van der Waals surface area contributed by atoms with Crippen molar-refractivity contribution in [2.24, 2.45) is 0 Å². The van der Waals surface area contributed by atoms with Crippen LogP contribution in [0.3, 0.4) is 0 Å². The van der Waals surface area contributed by atoms with Gasteiger partial charge in [0.15, 0.2) is 0 Å². The summed E-state index contributed by atoms with van der Waals surface area (Å²) in [7, 11) is 0. The van der Waals surface area contributed by atoms with Gasteiger partial charge in [0.1, 0.15) is 12.5 Å². The fourth-order valence-corrected chi connectivity index (χ4v) is 2.90. The van der Waals surface area contributed by atoms with Crippen LogP contribution in [0.5, 0.6) is 0 Å². The number of aliphatic hydroxyl groups excluding tert-OH is 2. The quantitative estimate of drug-likeness (QED) is 0.294. The molecule has 29 heavy (non-hydrogen) atoms. The third kappa shape index (κ3) is 8.10. The Labute approximate surface area is 181 Å². The molecule has 0 saturated carbocycles. The summed E-state index contributed by atoms with van der Waals surface area (Å²) >= 11 is 0. The van der Waals surface area contributed by atoms with Crippen molar-refractivity contribution in [2.75, 3.05) is 26.2 Å². The van der Waals surface area contributed by atoms with E-state index in [4.69, 9.17) is 0 Å². The van der Waals surface area contributed by atoms with Gasteiger partial charge in [-0.05, 0) is 36.8 Å². The first kappa shape index (κ1) is 23.9. The first-order chi connectivity index (χ1) is 13.7. The molecule has 0 aliphatic carbocycles. The summed E-state index contributed by atoms with van der Waals surface area (Å²) in [5.41, 5.74) is 1.72. The molecule has 2 aliphatic heterocycles. The minimum Gasteiger partial charge on any atom is -0.634 e. The molecule has 2 aromatic carbocycles. The molecule has 2 aromatic rings. The number of aliphatic hydroxyl groups is 2. The molecular formula is C20H28N6NiO2. The maximum atomic E-state index is 9.77. The number of nitrogens with zero attached hydrogens (tertiary/aromatic N) is 2. The molecule has 2 saturated heterocycles. The molecule has 2 heterocycles. The standard InChI is InChI=1S/2C10H14N3O.Ni/c2*14-9(8-4-2-1-3-5-8)13-10-11-6-7-12-10;/h2*1-5,9-11,13-14H,6-7H2;/q2*-1;+2. The average molecular weight is 443 g/mol. The van der Waals surface area contributed by atoms with Crippen molar-refractivity contribution >= 4 is 0 Å². The largest absolute Gasteiger partial charge is 2.00 e. The molecule has 0 radical (unpaired) electrons. The molecule has 0 aromatic heterocycles. The number of hydrogen-bond donors (Lipinski definition) is 6. The van der Waals surface area contributed by atoms with Crippen molar-refractivity contribution in [1.29, 1.82) is 0 Å². The second-order valence-electron chi connectivity index (χ2n) is 6.49. The normalized spacial score (nSPS) is 22.8. The van der Waals surface area contributed by atoms with Gasteiger partial charge in [-0.15, -0.1) is 13.1 Å². The summed E-state index contributed by atoms with van der Waals surface area (Å²) in [5, 5.41) is 40.2. The van der Waals surface area contributed by atoms with Gasteiger partial charge in [-0.3, -0.25) is 10.6 Å². The van der Waals surface area contributed by atoms with Crippen LogP contribution in [0.2, 0.25) is 0 Å². The molecule has 8 nitrogen and oxygen atoms in total. The van der Waals surface area contributed by atoms with Crippen LogP contribution in [-0.4, -0.2) is 49.0 Å². The predicted molar refractivity (Wildman–Crippen MR) is 109 cm³/mol. The number of nitrogens with one attached hydrogen (secondary N) is 4. The van der Waals surface area contributed by atoms with Crippen molar-refractivity contribution in [3.63, 3.8) is 0 Å². The summed E-state index contributed by atoms with van der Waals surface area (Å²) < 4.78 is 0. The minimum atomic E-state index is -0.657. The van der Waals surface area contributed by atoms with E-state index in [1.54, 1.807) is 0 Å². The first-order valence-corrected chi connectivity index (χ1v) is 9.50. The molecule has 9 heteroatoms. The molecule has 4 atom stereocenters. The molecule has 4 rings (SSSR count). The van der Waals surface area contributed by atoms with E-state index in [0.29, 0.717) is 0 Å². The van der Waals surface area contributed by atoms with Gasteiger partial charge >= 0.3 is 16.5 Å². The van der Waals surface area contributed by atoms with Gasteiger partial charge in [-0.2, -0.15) is 0 Å². The van der Waals surface area contributed by atoms with Crippen molar-refractivity contribution in [2.45, 2.75) is 25.0 Å². The van der Waals surface area contributed by atoms with Crippen molar-refractivity contribution < 1.29 is 26.7 Å². The Bertz CT molecular complexity index is 610. The second-order valence-corrected chi connectivity index (χ2v) is 6.49. The maximum absolute atomic E-state index is 9.77. The molecular weight excluding hydrogens is 415 g/mol. The van der Waals surface area contributed by atoms with E-state index in [1.807, 2.05) is 60.7 Å². The smallest absolute Gasteiger partial charge is 0.634 e. The van der Waals surface area contributed by atoms with Gasteiger partial charge in [0, 0.05) is 0 Å². The summed E-state index contributed by atoms with van der Waals surface area (Å²) in [6.45, 7) is 3.36. The van der Waals surface area contributed by atoms with Gasteiger partial charge in [0.25, 0.3) is 0 Å². The monoisotopic (exact) mass is 442 g/mol. The maximum Gasteiger partial charge on any atom is 2.00 e. The molecule has 0 bridgehead atoms. The zero-order valence-electron chi connectivity index (χ0n) is 16.0. The van der Waals surface area contributed by atoms with Crippen LogP contribution in [0, 0.1) is 0 Å². The van der Waals surface area contributed by atoms with Crippen LogP contribution < -0.4 is 21.3 Å². The van der Waals surface area contributed by atoms with Crippen LogP contribution in [-0.2, 0) is 16.5 Å². The number of benzene rings is 2. The number of rotatable bonds is 6. The van der Waals surface area contributed by atoms with E-state index in [1.165, 1.54) is 0 Å².